The van der Waals surface area contributed by atoms with Crippen molar-refractivity contribution in [3.8, 4) is 0 Å². The van der Waals surface area contributed by atoms with E-state index in [0.717, 1.165) is 37.3 Å². The summed E-state index contributed by atoms with van der Waals surface area (Å²) in [5.74, 6) is 0.748. The maximum atomic E-state index is 13.2. The van der Waals surface area contributed by atoms with Gasteiger partial charge in [0, 0.05) is 32.6 Å². The lowest BCUT2D eigenvalue weighted by Crippen LogP contribution is -2.41. The van der Waals surface area contributed by atoms with Gasteiger partial charge in [-0.05, 0) is 31.5 Å². The SMILES string of the molecule is Cn1c(CCNC(=O)C2CCCNC2)nc2cc(F)ccc21. The third-order valence-electron chi connectivity index (χ3n) is 4.25. The summed E-state index contributed by atoms with van der Waals surface area (Å²) < 4.78 is 15.2. The lowest BCUT2D eigenvalue weighted by molar-refractivity contribution is -0.125. The number of fused-ring (bicyclic) bond motifs is 1. The molecule has 118 valence electrons. The summed E-state index contributed by atoms with van der Waals surface area (Å²) in [4.78, 5) is 16.5. The van der Waals surface area contributed by atoms with Gasteiger partial charge in [0.1, 0.15) is 11.6 Å². The molecule has 3 rings (SSSR count). The van der Waals surface area contributed by atoms with E-state index in [2.05, 4.69) is 15.6 Å². The highest BCUT2D eigenvalue weighted by molar-refractivity contribution is 5.79. The molecular weight excluding hydrogens is 283 g/mol. The Labute approximate surface area is 128 Å². The minimum absolute atomic E-state index is 0.0725. The lowest BCUT2D eigenvalue weighted by Gasteiger charge is -2.21. The Hall–Kier alpha value is -1.95. The van der Waals surface area contributed by atoms with Crippen LogP contribution in [0.1, 0.15) is 18.7 Å². The first kappa shape index (κ1) is 15.0. The number of halogens is 1. The highest BCUT2D eigenvalue weighted by atomic mass is 19.1. The molecule has 1 aliphatic rings. The number of aromatic nitrogens is 2. The molecule has 2 heterocycles. The minimum atomic E-state index is -0.282. The average molecular weight is 304 g/mol. The van der Waals surface area contributed by atoms with Crippen LogP contribution in [0, 0.1) is 11.7 Å². The number of aryl methyl sites for hydroxylation is 1. The quantitative estimate of drug-likeness (QED) is 0.897. The van der Waals surface area contributed by atoms with E-state index in [9.17, 15) is 9.18 Å². The highest BCUT2D eigenvalue weighted by Gasteiger charge is 2.20. The van der Waals surface area contributed by atoms with Gasteiger partial charge in [0.05, 0.1) is 17.0 Å². The number of nitrogens with zero attached hydrogens (tertiary/aromatic N) is 2. The fourth-order valence-corrected chi connectivity index (χ4v) is 2.96. The second-order valence-corrected chi connectivity index (χ2v) is 5.80. The van der Waals surface area contributed by atoms with Crippen molar-refractivity contribution >= 4 is 16.9 Å². The first-order valence-corrected chi connectivity index (χ1v) is 7.74. The van der Waals surface area contributed by atoms with E-state index in [1.54, 1.807) is 6.07 Å². The normalized spacial score (nSPS) is 18.5. The van der Waals surface area contributed by atoms with Gasteiger partial charge in [-0.25, -0.2) is 9.37 Å². The van der Waals surface area contributed by atoms with Gasteiger partial charge < -0.3 is 15.2 Å². The van der Waals surface area contributed by atoms with E-state index in [-0.39, 0.29) is 17.6 Å². The van der Waals surface area contributed by atoms with Crippen LogP contribution in [0.15, 0.2) is 18.2 Å². The van der Waals surface area contributed by atoms with Gasteiger partial charge >= 0.3 is 0 Å². The number of rotatable bonds is 4. The number of amides is 1. The summed E-state index contributed by atoms with van der Waals surface area (Å²) in [7, 11) is 1.91. The van der Waals surface area contributed by atoms with Crippen LogP contribution in [-0.2, 0) is 18.3 Å². The van der Waals surface area contributed by atoms with E-state index < -0.39 is 0 Å². The zero-order valence-electron chi connectivity index (χ0n) is 12.7. The van der Waals surface area contributed by atoms with Crippen LogP contribution in [0.4, 0.5) is 4.39 Å². The van der Waals surface area contributed by atoms with Crippen molar-refractivity contribution in [2.75, 3.05) is 19.6 Å². The van der Waals surface area contributed by atoms with Crippen LogP contribution in [-0.4, -0.2) is 35.1 Å². The molecule has 1 aliphatic heterocycles. The Kier molecular flexibility index (Phi) is 4.38. The third-order valence-corrected chi connectivity index (χ3v) is 4.25. The summed E-state index contributed by atoms with van der Waals surface area (Å²) in [5.41, 5.74) is 1.56. The summed E-state index contributed by atoms with van der Waals surface area (Å²) in [6, 6.07) is 4.60. The van der Waals surface area contributed by atoms with Crippen molar-refractivity contribution in [2.24, 2.45) is 13.0 Å². The fraction of sp³-hybridized carbons (Fsp3) is 0.500. The van der Waals surface area contributed by atoms with E-state index in [0.29, 0.717) is 18.5 Å². The van der Waals surface area contributed by atoms with Gasteiger partial charge in [-0.1, -0.05) is 0 Å². The van der Waals surface area contributed by atoms with Crippen molar-refractivity contribution < 1.29 is 9.18 Å². The smallest absolute Gasteiger partial charge is 0.224 e. The van der Waals surface area contributed by atoms with Gasteiger partial charge in [-0.3, -0.25) is 4.79 Å². The van der Waals surface area contributed by atoms with Crippen molar-refractivity contribution in [3.63, 3.8) is 0 Å². The standard InChI is InChI=1S/C16H21FN4O/c1-21-14-5-4-12(17)9-13(14)20-15(21)6-8-19-16(22)11-3-2-7-18-10-11/h4-5,9,11,18H,2-3,6-8,10H2,1H3,(H,19,22). The molecule has 1 saturated heterocycles. The van der Waals surface area contributed by atoms with E-state index >= 15 is 0 Å². The molecule has 1 atom stereocenters. The number of imidazole rings is 1. The molecule has 0 aliphatic carbocycles. The monoisotopic (exact) mass is 304 g/mol. The molecule has 2 N–H and O–H groups in total. The minimum Gasteiger partial charge on any atom is -0.355 e. The summed E-state index contributed by atoms with van der Waals surface area (Å²) in [6.45, 7) is 2.31. The summed E-state index contributed by atoms with van der Waals surface area (Å²) in [6.07, 6.45) is 2.64. The first-order valence-electron chi connectivity index (χ1n) is 7.74. The molecule has 0 bridgehead atoms. The van der Waals surface area contributed by atoms with Crippen LogP contribution in [0.25, 0.3) is 11.0 Å². The number of carbonyl (C=O) groups excluding carboxylic acids is 1. The van der Waals surface area contributed by atoms with Gasteiger partial charge in [-0.2, -0.15) is 0 Å². The molecule has 0 radical (unpaired) electrons. The Morgan fingerprint density at radius 3 is 3.18 bits per heavy atom. The molecule has 1 unspecified atom stereocenters. The van der Waals surface area contributed by atoms with E-state index in [1.807, 2.05) is 11.6 Å². The Morgan fingerprint density at radius 2 is 2.41 bits per heavy atom. The molecule has 0 spiro atoms. The second kappa shape index (κ2) is 6.44. The third kappa shape index (κ3) is 3.11. The van der Waals surface area contributed by atoms with Crippen molar-refractivity contribution in [3.05, 3.63) is 29.8 Å². The van der Waals surface area contributed by atoms with Gasteiger partial charge in [-0.15, -0.1) is 0 Å². The molecule has 1 fully saturated rings. The topological polar surface area (TPSA) is 59.0 Å². The van der Waals surface area contributed by atoms with Gasteiger partial charge in [0.2, 0.25) is 5.91 Å². The maximum absolute atomic E-state index is 13.2. The fourth-order valence-electron chi connectivity index (χ4n) is 2.96. The van der Waals surface area contributed by atoms with Crippen molar-refractivity contribution in [1.29, 1.82) is 0 Å². The van der Waals surface area contributed by atoms with Crippen LogP contribution >= 0.6 is 0 Å². The first-order chi connectivity index (χ1) is 10.6. The molecule has 0 saturated carbocycles. The maximum Gasteiger partial charge on any atom is 0.224 e. The molecule has 6 heteroatoms. The molecule has 22 heavy (non-hydrogen) atoms. The van der Waals surface area contributed by atoms with Crippen LogP contribution in [0.2, 0.25) is 0 Å². The number of hydrogen-bond donors (Lipinski definition) is 2. The van der Waals surface area contributed by atoms with Gasteiger partial charge in [0.25, 0.3) is 0 Å². The zero-order valence-corrected chi connectivity index (χ0v) is 12.7. The zero-order chi connectivity index (χ0) is 15.5. The highest BCUT2D eigenvalue weighted by Crippen LogP contribution is 2.16. The van der Waals surface area contributed by atoms with Gasteiger partial charge in [0.15, 0.2) is 0 Å². The molecule has 1 aromatic carbocycles. The molecular formula is C16H21FN4O. The lowest BCUT2D eigenvalue weighted by atomic mass is 9.99. The predicted molar refractivity (Wildman–Crippen MR) is 83.0 cm³/mol. The van der Waals surface area contributed by atoms with Crippen LogP contribution in [0.5, 0.6) is 0 Å². The molecule has 1 aromatic heterocycles. The molecule has 5 nitrogen and oxygen atoms in total. The second-order valence-electron chi connectivity index (χ2n) is 5.80. The molecule has 2 aromatic rings. The van der Waals surface area contributed by atoms with E-state index in [4.69, 9.17) is 0 Å². The Bertz CT molecular complexity index is 676. The predicted octanol–water partition coefficient (Wildman–Crippen LogP) is 1.37. The summed E-state index contributed by atoms with van der Waals surface area (Å²) in [5, 5.41) is 6.22. The van der Waals surface area contributed by atoms with Crippen LogP contribution in [0.3, 0.4) is 0 Å². The number of hydrogen-bond acceptors (Lipinski definition) is 3. The summed E-state index contributed by atoms with van der Waals surface area (Å²) >= 11 is 0. The molecule has 1 amide bonds. The number of nitrogens with one attached hydrogen (secondary N) is 2. The number of benzene rings is 1. The number of piperidine rings is 1. The Balaban J connectivity index is 1.59. The van der Waals surface area contributed by atoms with Crippen LogP contribution < -0.4 is 10.6 Å². The van der Waals surface area contributed by atoms with E-state index in [1.165, 1.54) is 12.1 Å². The largest absolute Gasteiger partial charge is 0.355 e. The number of carbonyl (C=O) groups is 1. The van der Waals surface area contributed by atoms with Crippen molar-refractivity contribution in [2.45, 2.75) is 19.3 Å². The van der Waals surface area contributed by atoms with Crippen molar-refractivity contribution in [1.82, 2.24) is 20.2 Å². The Morgan fingerprint density at radius 1 is 1.55 bits per heavy atom. The average Bonchev–Trinajstić information content (AvgIpc) is 2.83.